The third-order valence-electron chi connectivity index (χ3n) is 4.20. The minimum Gasteiger partial charge on any atom is -0.573 e. The summed E-state index contributed by atoms with van der Waals surface area (Å²) in [6, 6.07) is 15.1. The Morgan fingerprint density at radius 1 is 1.07 bits per heavy atom. The Kier molecular flexibility index (Phi) is 5.75. The number of hydrogen-bond donors (Lipinski definition) is 1. The van der Waals surface area contributed by atoms with Gasteiger partial charge in [-0.1, -0.05) is 35.9 Å². The van der Waals surface area contributed by atoms with Crippen molar-refractivity contribution in [3.05, 3.63) is 94.0 Å². The van der Waals surface area contributed by atoms with Gasteiger partial charge in [0, 0.05) is 23.7 Å². The van der Waals surface area contributed by atoms with Gasteiger partial charge in [-0.3, -0.25) is 4.79 Å². The minimum atomic E-state index is -3.93. The molecule has 28 heavy (non-hydrogen) atoms. The van der Waals surface area contributed by atoms with Crippen LogP contribution in [0.4, 0.5) is 5.69 Å². The molecule has 1 amide bonds. The number of aromatic amines is 1. The molecule has 0 atom stereocenters. The number of H-pyrrole nitrogens is 1. The number of amides is 1. The van der Waals surface area contributed by atoms with E-state index in [1.807, 2.05) is 25.1 Å². The van der Waals surface area contributed by atoms with E-state index in [0.29, 0.717) is 23.4 Å². The molecule has 0 aliphatic rings. The molecule has 0 aliphatic carbocycles. The highest BCUT2D eigenvalue weighted by Crippen LogP contribution is 2.29. The average Bonchev–Trinajstić information content (AvgIpc) is 2.67. The normalized spacial score (nSPS) is 11.1. The summed E-state index contributed by atoms with van der Waals surface area (Å²) in [4.78, 5) is 15.5. The highest BCUT2D eigenvalue weighted by atomic mass is 32.2. The predicted octanol–water partition coefficient (Wildman–Crippen LogP) is 3.44. The molecule has 3 rings (SSSR count). The van der Waals surface area contributed by atoms with Gasteiger partial charge in [-0.2, -0.15) is 0 Å². The molecule has 6 nitrogen and oxygen atoms in total. The lowest BCUT2D eigenvalue weighted by Gasteiger charge is -2.23. The van der Waals surface area contributed by atoms with E-state index in [-0.39, 0.29) is 10.8 Å². The standard InChI is InChI=1S/C21H20N3O3S/c1-15-5-3-7-18(11-15)24-28(26,27)19-9-8-16(2)20(12-19)21(25)23-14-17-6-4-10-22-13-17/h3-13H,14H2,1-2H3,(H,23,25)/q-1/p+1. The van der Waals surface area contributed by atoms with Gasteiger partial charge >= 0.3 is 0 Å². The number of aryl methyl sites for hydroxylation is 2. The van der Waals surface area contributed by atoms with Gasteiger partial charge in [0.1, 0.15) is 10.0 Å². The Balaban J connectivity index is 1.81. The molecular weight excluding hydrogens is 374 g/mol. The lowest BCUT2D eigenvalue weighted by atomic mass is 10.1. The molecule has 2 N–H and O–H groups in total. The van der Waals surface area contributed by atoms with E-state index in [2.05, 4.69) is 15.0 Å². The van der Waals surface area contributed by atoms with Crippen molar-refractivity contribution >= 4 is 21.6 Å². The second-order valence-electron chi connectivity index (χ2n) is 6.48. The number of hydrogen-bond acceptors (Lipinski definition) is 3. The van der Waals surface area contributed by atoms with Gasteiger partial charge in [-0.15, -0.1) is 5.69 Å². The van der Waals surface area contributed by atoms with Crippen LogP contribution in [0.1, 0.15) is 27.0 Å². The highest BCUT2D eigenvalue weighted by Gasteiger charge is 2.14. The molecule has 1 aromatic heterocycles. The summed E-state index contributed by atoms with van der Waals surface area (Å²) in [5.74, 6) is -0.339. The smallest absolute Gasteiger partial charge is 0.251 e. The maximum atomic E-state index is 12.7. The predicted molar refractivity (Wildman–Crippen MR) is 107 cm³/mol. The van der Waals surface area contributed by atoms with Gasteiger partial charge in [0.15, 0.2) is 12.4 Å². The zero-order chi connectivity index (χ0) is 20.1. The number of pyridine rings is 1. The summed E-state index contributed by atoms with van der Waals surface area (Å²) in [5, 5.41) is 2.81. The molecule has 3 aromatic rings. The number of carbonyl (C=O) groups excluding carboxylic acids is 1. The van der Waals surface area contributed by atoms with E-state index in [1.165, 1.54) is 12.1 Å². The van der Waals surface area contributed by atoms with E-state index in [9.17, 15) is 13.2 Å². The highest BCUT2D eigenvalue weighted by molar-refractivity contribution is 7.94. The molecule has 1 heterocycles. The van der Waals surface area contributed by atoms with Crippen molar-refractivity contribution in [3.63, 3.8) is 0 Å². The molecular formula is C21H21N3O3S. The first-order chi connectivity index (χ1) is 13.3. The third kappa shape index (κ3) is 4.75. The van der Waals surface area contributed by atoms with E-state index >= 15 is 0 Å². The van der Waals surface area contributed by atoms with Crippen molar-refractivity contribution < 1.29 is 18.2 Å². The molecule has 2 aromatic carbocycles. The van der Waals surface area contributed by atoms with Crippen LogP contribution in [0.5, 0.6) is 0 Å². The first-order valence-electron chi connectivity index (χ1n) is 8.74. The number of rotatable bonds is 6. The van der Waals surface area contributed by atoms with Crippen molar-refractivity contribution in [2.45, 2.75) is 25.3 Å². The molecule has 7 heteroatoms. The van der Waals surface area contributed by atoms with Crippen LogP contribution in [-0.2, 0) is 16.6 Å². The molecule has 0 unspecified atom stereocenters. The summed E-state index contributed by atoms with van der Waals surface area (Å²) in [5.41, 5.74) is 3.17. The first kappa shape index (κ1) is 19.6. The van der Waals surface area contributed by atoms with Crippen LogP contribution < -0.4 is 10.3 Å². The van der Waals surface area contributed by atoms with Crippen molar-refractivity contribution in [2.24, 2.45) is 0 Å². The van der Waals surface area contributed by atoms with Crippen LogP contribution in [0.3, 0.4) is 0 Å². The van der Waals surface area contributed by atoms with E-state index in [0.717, 1.165) is 11.1 Å². The summed E-state index contributed by atoms with van der Waals surface area (Å²) in [7, 11) is -3.93. The Morgan fingerprint density at radius 3 is 2.61 bits per heavy atom. The van der Waals surface area contributed by atoms with Gasteiger partial charge < -0.3 is 10.0 Å². The zero-order valence-corrected chi connectivity index (χ0v) is 16.5. The fourth-order valence-electron chi connectivity index (χ4n) is 2.70. The molecule has 0 spiro atoms. The molecule has 0 radical (unpaired) electrons. The van der Waals surface area contributed by atoms with Crippen LogP contribution in [-0.4, -0.2) is 14.3 Å². The molecule has 0 bridgehead atoms. The SMILES string of the molecule is Cc1cccc([N-]S(=O)(=O)c2ccc(C)c(C(=O)NCc3ccc[nH+]c3)c2)c1. The number of benzene rings is 2. The minimum absolute atomic E-state index is 0.0159. The van der Waals surface area contributed by atoms with Gasteiger partial charge in [0.25, 0.3) is 5.91 Å². The molecule has 0 saturated heterocycles. The van der Waals surface area contributed by atoms with Gasteiger partial charge in [0.2, 0.25) is 0 Å². The van der Waals surface area contributed by atoms with Crippen molar-refractivity contribution in [3.8, 4) is 0 Å². The Bertz CT molecular complexity index is 1100. The number of nitrogens with one attached hydrogen (secondary N) is 2. The lowest BCUT2D eigenvalue weighted by Crippen LogP contribution is -2.24. The van der Waals surface area contributed by atoms with Gasteiger partial charge in [-0.05, 0) is 37.6 Å². The van der Waals surface area contributed by atoms with E-state index < -0.39 is 10.0 Å². The van der Waals surface area contributed by atoms with Gasteiger partial charge in [-0.25, -0.2) is 13.4 Å². The number of sulfonamides is 1. The maximum Gasteiger partial charge on any atom is 0.251 e. The fraction of sp³-hybridized carbons (Fsp3) is 0.143. The average molecular weight is 395 g/mol. The Morgan fingerprint density at radius 2 is 1.89 bits per heavy atom. The monoisotopic (exact) mass is 395 g/mol. The summed E-state index contributed by atoms with van der Waals surface area (Å²) < 4.78 is 29.2. The van der Waals surface area contributed by atoms with Crippen LogP contribution >= 0.6 is 0 Å². The quantitative estimate of drug-likeness (QED) is 0.693. The van der Waals surface area contributed by atoms with Crippen LogP contribution in [0.2, 0.25) is 0 Å². The van der Waals surface area contributed by atoms with Gasteiger partial charge in [0.05, 0.1) is 4.90 Å². The number of nitrogens with zero attached hydrogens (tertiary/aromatic N) is 1. The number of aromatic nitrogens is 1. The summed E-state index contributed by atoms with van der Waals surface area (Å²) >= 11 is 0. The van der Waals surface area contributed by atoms with Crippen LogP contribution in [0.15, 0.2) is 71.9 Å². The number of carbonyl (C=O) groups is 1. The van der Waals surface area contributed by atoms with E-state index in [4.69, 9.17) is 0 Å². The second-order valence-corrected chi connectivity index (χ2v) is 8.08. The molecule has 0 saturated carbocycles. The fourth-order valence-corrected chi connectivity index (χ4v) is 3.70. The summed E-state index contributed by atoms with van der Waals surface area (Å²) in [6.07, 6.45) is 3.57. The van der Waals surface area contributed by atoms with Crippen molar-refractivity contribution in [1.82, 2.24) is 5.32 Å². The third-order valence-corrected chi connectivity index (χ3v) is 5.50. The Hall–Kier alpha value is -3.19. The zero-order valence-electron chi connectivity index (χ0n) is 15.6. The largest absolute Gasteiger partial charge is 0.573 e. The molecule has 0 aliphatic heterocycles. The van der Waals surface area contributed by atoms with Crippen LogP contribution in [0.25, 0.3) is 4.72 Å². The van der Waals surface area contributed by atoms with Crippen molar-refractivity contribution in [1.29, 1.82) is 0 Å². The van der Waals surface area contributed by atoms with E-state index in [1.54, 1.807) is 43.6 Å². The maximum absolute atomic E-state index is 12.7. The second kappa shape index (κ2) is 8.22. The lowest BCUT2D eigenvalue weighted by molar-refractivity contribution is -0.378. The first-order valence-corrected chi connectivity index (χ1v) is 10.2. The topological polar surface area (TPSA) is 91.5 Å². The van der Waals surface area contributed by atoms with Crippen molar-refractivity contribution in [2.75, 3.05) is 0 Å². The Labute approximate surface area is 164 Å². The molecule has 144 valence electrons. The summed E-state index contributed by atoms with van der Waals surface area (Å²) in [6.45, 7) is 3.96. The molecule has 0 fully saturated rings. The van der Waals surface area contributed by atoms with Crippen LogP contribution in [0, 0.1) is 13.8 Å².